The Morgan fingerprint density at radius 1 is 1.38 bits per heavy atom. The van der Waals surface area contributed by atoms with Crippen molar-refractivity contribution in [3.05, 3.63) is 29.3 Å². The second-order valence-corrected chi connectivity index (χ2v) is 5.08. The fraction of sp³-hybridized carbons (Fsp3) is 0.462. The molecular weight excluding hydrogens is 220 g/mol. The van der Waals surface area contributed by atoms with Crippen LogP contribution in [0, 0.1) is 13.8 Å². The van der Waals surface area contributed by atoms with Crippen LogP contribution >= 0.6 is 11.8 Å². The second-order valence-electron chi connectivity index (χ2n) is 3.73. The van der Waals surface area contributed by atoms with Crippen molar-refractivity contribution >= 4 is 17.7 Å². The minimum absolute atomic E-state index is 0.143. The third-order valence-electron chi connectivity index (χ3n) is 2.32. The van der Waals surface area contributed by atoms with Crippen molar-refractivity contribution in [3.63, 3.8) is 0 Å². The third-order valence-corrected chi connectivity index (χ3v) is 3.75. The van der Waals surface area contributed by atoms with Gasteiger partial charge in [0, 0.05) is 4.90 Å². The molecule has 0 aromatic heterocycles. The van der Waals surface area contributed by atoms with Crippen LogP contribution in [-0.4, -0.2) is 17.8 Å². The highest BCUT2D eigenvalue weighted by Crippen LogP contribution is 2.30. The van der Waals surface area contributed by atoms with Crippen LogP contribution in [0.3, 0.4) is 0 Å². The Balaban J connectivity index is 2.76. The minimum Gasteiger partial charge on any atom is -0.465 e. The largest absolute Gasteiger partial charge is 0.465 e. The number of esters is 1. The molecule has 3 heteroatoms. The molecule has 1 aromatic carbocycles. The van der Waals surface area contributed by atoms with Crippen molar-refractivity contribution in [3.8, 4) is 0 Å². The van der Waals surface area contributed by atoms with Crippen LogP contribution in [-0.2, 0) is 9.53 Å². The molecule has 16 heavy (non-hydrogen) atoms. The summed E-state index contributed by atoms with van der Waals surface area (Å²) in [4.78, 5) is 12.7. The molecular formula is C13H18O2S. The smallest absolute Gasteiger partial charge is 0.319 e. The number of carbonyl (C=O) groups excluding carboxylic acids is 1. The molecule has 1 atom stereocenters. The summed E-state index contributed by atoms with van der Waals surface area (Å²) in [6.45, 7) is 8.28. The molecule has 0 radical (unpaired) electrons. The lowest BCUT2D eigenvalue weighted by Crippen LogP contribution is -2.16. The number of thioether (sulfide) groups is 1. The summed E-state index contributed by atoms with van der Waals surface area (Å²) in [7, 11) is 0. The van der Waals surface area contributed by atoms with Crippen molar-refractivity contribution in [1.82, 2.24) is 0 Å². The highest BCUT2D eigenvalue weighted by atomic mass is 32.2. The summed E-state index contributed by atoms with van der Waals surface area (Å²) in [6, 6.07) is 6.16. The average molecular weight is 238 g/mol. The van der Waals surface area contributed by atoms with E-state index in [4.69, 9.17) is 4.74 Å². The summed E-state index contributed by atoms with van der Waals surface area (Å²) in [5.74, 6) is -0.143. The van der Waals surface area contributed by atoms with Gasteiger partial charge in [-0.25, -0.2) is 0 Å². The van der Waals surface area contributed by atoms with Gasteiger partial charge in [0.05, 0.1) is 6.61 Å². The van der Waals surface area contributed by atoms with E-state index in [9.17, 15) is 4.79 Å². The van der Waals surface area contributed by atoms with E-state index in [1.54, 1.807) is 11.8 Å². The second kappa shape index (κ2) is 5.94. The number of hydrogen-bond donors (Lipinski definition) is 0. The van der Waals surface area contributed by atoms with Gasteiger partial charge in [-0.1, -0.05) is 18.2 Å². The Kier molecular flexibility index (Phi) is 4.87. The SMILES string of the molecule is CCOC(=O)[C@H](C)Sc1c(C)cccc1C. The summed E-state index contributed by atoms with van der Waals surface area (Å²) in [5, 5.41) is -0.153. The van der Waals surface area contributed by atoms with Crippen LogP contribution in [0.4, 0.5) is 0 Å². The van der Waals surface area contributed by atoms with Gasteiger partial charge in [-0.2, -0.15) is 0 Å². The van der Waals surface area contributed by atoms with Crippen LogP contribution in [0.1, 0.15) is 25.0 Å². The molecule has 0 heterocycles. The molecule has 0 aliphatic carbocycles. The maximum atomic E-state index is 11.5. The van der Waals surface area contributed by atoms with Crippen LogP contribution in [0.2, 0.25) is 0 Å². The number of benzene rings is 1. The van der Waals surface area contributed by atoms with E-state index in [1.807, 2.05) is 19.9 Å². The topological polar surface area (TPSA) is 26.3 Å². The normalized spacial score (nSPS) is 12.2. The molecule has 0 bridgehead atoms. The summed E-state index contributed by atoms with van der Waals surface area (Å²) < 4.78 is 5.00. The van der Waals surface area contributed by atoms with Crippen LogP contribution in [0.5, 0.6) is 0 Å². The number of aryl methyl sites for hydroxylation is 2. The first kappa shape index (κ1) is 13.1. The van der Waals surface area contributed by atoms with E-state index < -0.39 is 0 Å². The van der Waals surface area contributed by atoms with E-state index in [0.29, 0.717) is 6.61 Å². The lowest BCUT2D eigenvalue weighted by atomic mass is 10.2. The number of carbonyl (C=O) groups is 1. The molecule has 0 amide bonds. The van der Waals surface area contributed by atoms with Crippen LogP contribution in [0.15, 0.2) is 23.1 Å². The van der Waals surface area contributed by atoms with E-state index in [-0.39, 0.29) is 11.2 Å². The number of rotatable bonds is 4. The van der Waals surface area contributed by atoms with E-state index in [1.165, 1.54) is 16.0 Å². The van der Waals surface area contributed by atoms with Crippen molar-refractivity contribution in [1.29, 1.82) is 0 Å². The molecule has 0 N–H and O–H groups in total. The molecule has 0 saturated carbocycles. The fourth-order valence-corrected chi connectivity index (χ4v) is 2.50. The zero-order chi connectivity index (χ0) is 12.1. The quantitative estimate of drug-likeness (QED) is 0.594. The van der Waals surface area contributed by atoms with Crippen LogP contribution in [0.25, 0.3) is 0 Å². The molecule has 0 spiro atoms. The minimum atomic E-state index is -0.153. The number of hydrogen-bond acceptors (Lipinski definition) is 3. The first-order chi connectivity index (χ1) is 7.56. The molecule has 0 aliphatic heterocycles. The monoisotopic (exact) mass is 238 g/mol. The Labute approximate surface area is 101 Å². The van der Waals surface area contributed by atoms with Gasteiger partial charge in [-0.15, -0.1) is 11.8 Å². The molecule has 1 rings (SSSR count). The van der Waals surface area contributed by atoms with E-state index in [0.717, 1.165) is 0 Å². The van der Waals surface area contributed by atoms with Crippen molar-refractivity contribution in [2.45, 2.75) is 37.8 Å². The van der Waals surface area contributed by atoms with Gasteiger partial charge >= 0.3 is 5.97 Å². The fourth-order valence-electron chi connectivity index (χ4n) is 1.47. The number of ether oxygens (including phenoxy) is 1. The average Bonchev–Trinajstić information content (AvgIpc) is 2.23. The molecule has 0 fully saturated rings. The van der Waals surface area contributed by atoms with E-state index in [2.05, 4.69) is 26.0 Å². The first-order valence-corrected chi connectivity index (χ1v) is 6.33. The first-order valence-electron chi connectivity index (χ1n) is 5.45. The van der Waals surface area contributed by atoms with Gasteiger partial charge < -0.3 is 4.74 Å². The highest BCUT2D eigenvalue weighted by molar-refractivity contribution is 8.00. The highest BCUT2D eigenvalue weighted by Gasteiger charge is 2.17. The van der Waals surface area contributed by atoms with Crippen molar-refractivity contribution < 1.29 is 9.53 Å². The molecule has 0 saturated heterocycles. The van der Waals surface area contributed by atoms with Gasteiger partial charge in [0.25, 0.3) is 0 Å². The Bertz CT molecular complexity index is 354. The molecule has 1 aromatic rings. The Morgan fingerprint density at radius 2 is 1.94 bits per heavy atom. The van der Waals surface area contributed by atoms with Gasteiger partial charge in [-0.3, -0.25) is 4.79 Å². The standard InChI is InChI=1S/C13H18O2S/c1-5-15-13(14)11(4)16-12-9(2)7-6-8-10(12)3/h6-8,11H,5H2,1-4H3/t11-/m0/s1. The Hall–Kier alpha value is -0.960. The molecule has 2 nitrogen and oxygen atoms in total. The Morgan fingerprint density at radius 3 is 2.44 bits per heavy atom. The zero-order valence-electron chi connectivity index (χ0n) is 10.2. The summed E-state index contributed by atoms with van der Waals surface area (Å²) in [5.41, 5.74) is 2.42. The predicted molar refractivity (Wildman–Crippen MR) is 67.9 cm³/mol. The lowest BCUT2D eigenvalue weighted by Gasteiger charge is -2.13. The predicted octanol–water partition coefficient (Wildman–Crippen LogP) is 3.35. The van der Waals surface area contributed by atoms with Crippen molar-refractivity contribution in [2.24, 2.45) is 0 Å². The van der Waals surface area contributed by atoms with Gasteiger partial charge in [0.2, 0.25) is 0 Å². The van der Waals surface area contributed by atoms with Crippen molar-refractivity contribution in [2.75, 3.05) is 6.61 Å². The lowest BCUT2D eigenvalue weighted by molar-refractivity contribution is -0.142. The van der Waals surface area contributed by atoms with E-state index >= 15 is 0 Å². The third kappa shape index (κ3) is 3.27. The summed E-state index contributed by atoms with van der Waals surface area (Å²) in [6.07, 6.45) is 0. The molecule has 0 aliphatic rings. The van der Waals surface area contributed by atoms with Gasteiger partial charge in [-0.05, 0) is 38.8 Å². The molecule has 0 unspecified atom stereocenters. The molecule has 88 valence electrons. The van der Waals surface area contributed by atoms with Gasteiger partial charge in [0.1, 0.15) is 5.25 Å². The van der Waals surface area contributed by atoms with Gasteiger partial charge in [0.15, 0.2) is 0 Å². The maximum Gasteiger partial charge on any atom is 0.319 e. The summed E-state index contributed by atoms with van der Waals surface area (Å²) >= 11 is 1.57. The van der Waals surface area contributed by atoms with Crippen LogP contribution < -0.4 is 0 Å². The maximum absolute atomic E-state index is 11.5. The zero-order valence-corrected chi connectivity index (χ0v) is 11.1.